The van der Waals surface area contributed by atoms with Crippen molar-refractivity contribution in [2.75, 3.05) is 13.2 Å². The van der Waals surface area contributed by atoms with Gasteiger partial charge in [0, 0.05) is 0 Å². The molecule has 5 nitrogen and oxygen atoms in total. The molecule has 0 atom stereocenters. The zero-order chi connectivity index (χ0) is 14.5. The van der Waals surface area contributed by atoms with E-state index in [0.717, 1.165) is 0 Å². The summed E-state index contributed by atoms with van der Waals surface area (Å²) in [7, 11) is -4.23. The van der Waals surface area contributed by atoms with Gasteiger partial charge in [0.05, 0.1) is 6.61 Å². The van der Waals surface area contributed by atoms with Gasteiger partial charge in [0.1, 0.15) is 10.6 Å². The van der Waals surface area contributed by atoms with Crippen molar-refractivity contribution in [2.24, 2.45) is 0 Å². The van der Waals surface area contributed by atoms with Gasteiger partial charge in [-0.3, -0.25) is 4.84 Å². The van der Waals surface area contributed by atoms with E-state index in [9.17, 15) is 21.6 Å². The maximum atomic E-state index is 11.8. The largest absolute Gasteiger partial charge is 0.492 e. The van der Waals surface area contributed by atoms with Crippen molar-refractivity contribution in [1.82, 2.24) is 4.89 Å². The summed E-state index contributed by atoms with van der Waals surface area (Å²) in [5, 5.41) is 0. The molecule has 0 aliphatic rings. The van der Waals surface area contributed by atoms with Crippen molar-refractivity contribution in [3.63, 3.8) is 0 Å². The van der Waals surface area contributed by atoms with Gasteiger partial charge in [-0.2, -0.15) is 13.2 Å². The monoisotopic (exact) mass is 299 g/mol. The lowest BCUT2D eigenvalue weighted by molar-refractivity contribution is -0.181. The molecular formula is C10H12F3NO4S. The summed E-state index contributed by atoms with van der Waals surface area (Å²) in [6.45, 7) is 0.149. The molecular weight excluding hydrogens is 287 g/mol. The van der Waals surface area contributed by atoms with Crippen molar-refractivity contribution >= 4 is 10.0 Å². The summed E-state index contributed by atoms with van der Waals surface area (Å²) in [4.78, 5) is 5.04. The lowest BCUT2D eigenvalue weighted by Gasteiger charge is -2.12. The van der Waals surface area contributed by atoms with Crippen LogP contribution in [-0.4, -0.2) is 27.8 Å². The van der Waals surface area contributed by atoms with Gasteiger partial charge in [-0.1, -0.05) is 17.0 Å². The molecule has 1 N–H and O–H groups in total. The van der Waals surface area contributed by atoms with Gasteiger partial charge in [0.2, 0.25) is 0 Å². The standard InChI is InChI=1S/C10H12F3NO4S/c1-2-17-8-5-3-4-6-9(8)19(15,16)14-18-7-10(11,12)13/h3-6,14H,2,7H2,1H3. The summed E-state index contributed by atoms with van der Waals surface area (Å²) < 4.78 is 64.1. The van der Waals surface area contributed by atoms with Gasteiger partial charge >= 0.3 is 6.18 Å². The van der Waals surface area contributed by atoms with Gasteiger partial charge in [0.15, 0.2) is 6.61 Å². The molecule has 0 aliphatic carbocycles. The Morgan fingerprint density at radius 2 is 1.89 bits per heavy atom. The van der Waals surface area contributed by atoms with E-state index in [1.165, 1.54) is 23.1 Å². The predicted octanol–water partition coefficient (Wildman–Crippen LogP) is 1.86. The third-order valence-corrected chi connectivity index (χ3v) is 3.10. The lowest BCUT2D eigenvalue weighted by atomic mass is 10.3. The summed E-state index contributed by atoms with van der Waals surface area (Å²) in [6.07, 6.45) is -4.62. The van der Waals surface area contributed by atoms with Crippen LogP contribution in [0, 0.1) is 0 Å². The van der Waals surface area contributed by atoms with Crippen LogP contribution in [0.25, 0.3) is 0 Å². The van der Waals surface area contributed by atoms with E-state index in [0.29, 0.717) is 0 Å². The van der Waals surface area contributed by atoms with E-state index in [1.807, 2.05) is 0 Å². The molecule has 0 bridgehead atoms. The highest BCUT2D eigenvalue weighted by molar-refractivity contribution is 7.89. The number of nitrogens with one attached hydrogen (secondary N) is 1. The van der Waals surface area contributed by atoms with Crippen molar-refractivity contribution in [3.05, 3.63) is 24.3 Å². The quantitative estimate of drug-likeness (QED) is 0.814. The van der Waals surface area contributed by atoms with Crippen LogP contribution in [0.5, 0.6) is 5.75 Å². The molecule has 0 heterocycles. The molecule has 19 heavy (non-hydrogen) atoms. The number of hydrogen-bond acceptors (Lipinski definition) is 4. The topological polar surface area (TPSA) is 64.6 Å². The molecule has 0 fully saturated rings. The minimum atomic E-state index is -4.62. The van der Waals surface area contributed by atoms with Gasteiger partial charge in [-0.05, 0) is 19.1 Å². The number of rotatable bonds is 6. The summed E-state index contributed by atoms with van der Waals surface area (Å²) in [5.41, 5.74) is 0. The molecule has 1 aromatic carbocycles. The Morgan fingerprint density at radius 3 is 2.47 bits per heavy atom. The van der Waals surface area contributed by atoms with Gasteiger partial charge in [-0.15, -0.1) is 0 Å². The third kappa shape index (κ3) is 5.05. The second-order valence-electron chi connectivity index (χ2n) is 3.37. The van der Waals surface area contributed by atoms with Crippen molar-refractivity contribution in [2.45, 2.75) is 18.0 Å². The number of alkyl halides is 3. The maximum Gasteiger partial charge on any atom is 0.413 e. The number of sulfonamides is 1. The number of benzene rings is 1. The van der Waals surface area contributed by atoms with Gasteiger partial charge in [-0.25, -0.2) is 8.42 Å². The first-order chi connectivity index (χ1) is 8.76. The van der Waals surface area contributed by atoms with E-state index in [4.69, 9.17) is 4.74 Å². The fraction of sp³-hybridized carbons (Fsp3) is 0.400. The Kier molecular flexibility index (Phi) is 5.15. The molecule has 1 aromatic rings. The van der Waals surface area contributed by atoms with Crippen LogP contribution < -0.4 is 9.62 Å². The van der Waals surface area contributed by atoms with Crippen molar-refractivity contribution in [3.8, 4) is 5.75 Å². The predicted molar refractivity (Wildman–Crippen MR) is 59.9 cm³/mol. The van der Waals surface area contributed by atoms with E-state index < -0.39 is 22.8 Å². The first-order valence-electron chi connectivity index (χ1n) is 5.18. The zero-order valence-corrected chi connectivity index (χ0v) is 10.7. The highest BCUT2D eigenvalue weighted by Crippen LogP contribution is 2.23. The first kappa shape index (κ1) is 15.7. The molecule has 1 rings (SSSR count). The van der Waals surface area contributed by atoms with Crippen LogP contribution in [0.2, 0.25) is 0 Å². The Hall–Kier alpha value is -1.32. The summed E-state index contributed by atoms with van der Waals surface area (Å²) >= 11 is 0. The number of hydrogen-bond donors (Lipinski definition) is 1. The molecule has 0 amide bonds. The number of para-hydroxylation sites is 1. The second kappa shape index (κ2) is 6.22. The van der Waals surface area contributed by atoms with Crippen molar-refractivity contribution in [1.29, 1.82) is 0 Å². The first-order valence-corrected chi connectivity index (χ1v) is 6.67. The maximum absolute atomic E-state index is 11.8. The average molecular weight is 299 g/mol. The van der Waals surface area contributed by atoms with Crippen molar-refractivity contribution < 1.29 is 31.2 Å². The zero-order valence-electron chi connectivity index (χ0n) is 9.90. The van der Waals surface area contributed by atoms with E-state index in [1.54, 1.807) is 13.0 Å². The fourth-order valence-corrected chi connectivity index (χ4v) is 2.13. The minimum Gasteiger partial charge on any atom is -0.492 e. The van der Waals surface area contributed by atoms with Crippen LogP contribution in [-0.2, 0) is 14.9 Å². The summed E-state index contributed by atoms with van der Waals surface area (Å²) in [5.74, 6) is 0.0353. The summed E-state index contributed by atoms with van der Waals surface area (Å²) in [6, 6.07) is 5.55. The molecule has 0 unspecified atom stereocenters. The number of ether oxygens (including phenoxy) is 1. The highest BCUT2D eigenvalue weighted by atomic mass is 32.2. The van der Waals surface area contributed by atoms with Crippen LogP contribution in [0.1, 0.15) is 6.92 Å². The molecule has 0 aliphatic heterocycles. The van der Waals surface area contributed by atoms with Crippen LogP contribution in [0.15, 0.2) is 29.2 Å². The minimum absolute atomic E-state index is 0.0353. The Morgan fingerprint density at radius 1 is 1.26 bits per heavy atom. The molecule has 0 saturated carbocycles. The van der Waals surface area contributed by atoms with Crippen LogP contribution >= 0.6 is 0 Å². The molecule has 9 heteroatoms. The van der Waals surface area contributed by atoms with Gasteiger partial charge in [0.25, 0.3) is 10.0 Å². The molecule has 108 valence electrons. The van der Waals surface area contributed by atoms with Crippen LogP contribution in [0.4, 0.5) is 13.2 Å². The Labute approximate surface area is 108 Å². The average Bonchev–Trinajstić information content (AvgIpc) is 2.28. The third-order valence-electron chi connectivity index (χ3n) is 1.84. The second-order valence-corrected chi connectivity index (χ2v) is 4.98. The smallest absolute Gasteiger partial charge is 0.413 e. The number of halogens is 3. The molecule has 0 saturated heterocycles. The van der Waals surface area contributed by atoms with Gasteiger partial charge < -0.3 is 4.74 Å². The SMILES string of the molecule is CCOc1ccccc1S(=O)(=O)NOCC(F)(F)F. The molecule has 0 aromatic heterocycles. The highest BCUT2D eigenvalue weighted by Gasteiger charge is 2.29. The van der Waals surface area contributed by atoms with E-state index >= 15 is 0 Å². The Bertz CT molecular complexity index is 516. The molecule has 0 spiro atoms. The van der Waals surface area contributed by atoms with Crippen LogP contribution in [0.3, 0.4) is 0 Å². The van der Waals surface area contributed by atoms with E-state index in [-0.39, 0.29) is 17.3 Å². The normalized spacial score (nSPS) is 12.4. The molecule has 0 radical (unpaired) electrons. The van der Waals surface area contributed by atoms with E-state index in [2.05, 4.69) is 4.84 Å². The lowest BCUT2D eigenvalue weighted by Crippen LogP contribution is -2.29. The fourth-order valence-electron chi connectivity index (χ4n) is 1.18. The Balaban J connectivity index is 2.83.